The number of nitrogen functional groups attached to an aromatic ring is 1. The van der Waals surface area contributed by atoms with Gasteiger partial charge in [-0.3, -0.25) is 4.79 Å². The zero-order valence-corrected chi connectivity index (χ0v) is 16.1. The van der Waals surface area contributed by atoms with Crippen molar-refractivity contribution in [2.45, 2.75) is 49.4 Å². The predicted molar refractivity (Wildman–Crippen MR) is 105 cm³/mol. The van der Waals surface area contributed by atoms with Crippen molar-refractivity contribution in [3.63, 3.8) is 0 Å². The molecule has 6 nitrogen and oxygen atoms in total. The number of nitrogens with two attached hydrogens (primary N) is 1. The van der Waals surface area contributed by atoms with Crippen molar-refractivity contribution in [3.05, 3.63) is 41.7 Å². The van der Waals surface area contributed by atoms with Crippen LogP contribution >= 0.6 is 11.8 Å². The van der Waals surface area contributed by atoms with Crippen LogP contribution in [0.15, 0.2) is 41.1 Å². The Hall–Kier alpha value is -2.35. The molecule has 2 aromatic rings. The van der Waals surface area contributed by atoms with Crippen molar-refractivity contribution in [1.29, 1.82) is 0 Å². The lowest BCUT2D eigenvalue weighted by Crippen LogP contribution is -2.32. The molecule has 1 aromatic carbocycles. The normalized spacial score (nSPS) is 15.3. The van der Waals surface area contributed by atoms with Crippen LogP contribution in [0.5, 0.6) is 0 Å². The molecule has 0 radical (unpaired) electrons. The topological polar surface area (TPSA) is 85.8 Å². The van der Waals surface area contributed by atoms with Crippen LogP contribution in [-0.4, -0.2) is 32.6 Å². The number of amides is 1. The van der Waals surface area contributed by atoms with Gasteiger partial charge in [0.25, 0.3) is 0 Å². The molecule has 3 rings (SSSR count). The number of halogens is 1. The third-order valence-corrected chi connectivity index (χ3v) is 5.59. The Balaban J connectivity index is 1.55. The molecule has 27 heavy (non-hydrogen) atoms. The van der Waals surface area contributed by atoms with E-state index in [1.54, 1.807) is 19.1 Å². The van der Waals surface area contributed by atoms with E-state index < -0.39 is 0 Å². The minimum absolute atomic E-state index is 0.0632. The summed E-state index contributed by atoms with van der Waals surface area (Å²) in [5, 5.41) is 11.1. The summed E-state index contributed by atoms with van der Waals surface area (Å²) in [4.78, 5) is 12.3. The number of nitrogens with one attached hydrogen (secondary N) is 1. The van der Waals surface area contributed by atoms with E-state index in [-0.39, 0.29) is 17.0 Å². The van der Waals surface area contributed by atoms with Gasteiger partial charge >= 0.3 is 0 Å². The van der Waals surface area contributed by atoms with Gasteiger partial charge in [0.15, 0.2) is 5.82 Å². The first-order valence-corrected chi connectivity index (χ1v) is 10.0. The quantitative estimate of drug-likeness (QED) is 0.431. The second-order valence-corrected chi connectivity index (χ2v) is 7.90. The van der Waals surface area contributed by atoms with E-state index in [4.69, 9.17) is 5.84 Å². The van der Waals surface area contributed by atoms with Gasteiger partial charge in [0.2, 0.25) is 11.1 Å². The second kappa shape index (κ2) is 9.03. The van der Waals surface area contributed by atoms with Crippen molar-refractivity contribution in [1.82, 2.24) is 20.2 Å². The third-order valence-electron chi connectivity index (χ3n) is 4.53. The summed E-state index contributed by atoms with van der Waals surface area (Å²) in [6.45, 7) is 2.44. The molecule has 0 saturated heterocycles. The monoisotopic (exact) mass is 389 g/mol. The minimum atomic E-state index is -0.370. The summed E-state index contributed by atoms with van der Waals surface area (Å²) in [7, 11) is 0. The number of carbonyl (C=O) groups excluding carboxylic acids is 1. The van der Waals surface area contributed by atoms with E-state index in [0.717, 1.165) is 19.3 Å². The second-order valence-electron chi connectivity index (χ2n) is 6.60. The molecule has 1 heterocycles. The molecular formula is C19H24FN5OS. The Kier molecular flexibility index (Phi) is 6.49. The van der Waals surface area contributed by atoms with E-state index >= 15 is 0 Å². The number of hydrogen-bond acceptors (Lipinski definition) is 5. The highest BCUT2D eigenvalue weighted by Crippen LogP contribution is 2.25. The number of benzene rings is 1. The van der Waals surface area contributed by atoms with E-state index in [9.17, 15) is 9.18 Å². The Labute approximate surface area is 162 Å². The van der Waals surface area contributed by atoms with Crippen LogP contribution in [0.2, 0.25) is 0 Å². The zero-order valence-electron chi connectivity index (χ0n) is 15.3. The lowest BCUT2D eigenvalue weighted by atomic mass is 9.97. The van der Waals surface area contributed by atoms with Crippen molar-refractivity contribution in [3.8, 4) is 11.4 Å². The molecule has 144 valence electrons. The summed E-state index contributed by atoms with van der Waals surface area (Å²) in [5.74, 6) is 5.96. The standard InChI is InChI=1S/C19H24FN5OS/c1-13(18(26)22-11-10-14-6-3-2-4-7-14)27-19-24-23-17(25(19)21)15-8-5-9-16(20)12-15/h5-6,8-9,12-13H,2-4,7,10-11,21H2,1H3,(H,22,26)/t13-/m1/s1. The van der Waals surface area contributed by atoms with E-state index in [0.29, 0.717) is 23.1 Å². The highest BCUT2D eigenvalue weighted by molar-refractivity contribution is 8.00. The van der Waals surface area contributed by atoms with Crippen LogP contribution < -0.4 is 11.2 Å². The van der Waals surface area contributed by atoms with Gasteiger partial charge in [-0.05, 0) is 51.2 Å². The van der Waals surface area contributed by atoms with Crippen LogP contribution in [0.4, 0.5) is 4.39 Å². The lowest BCUT2D eigenvalue weighted by Gasteiger charge is -2.14. The van der Waals surface area contributed by atoms with Crippen molar-refractivity contribution >= 4 is 17.7 Å². The molecule has 1 aromatic heterocycles. The number of carbonyl (C=O) groups is 1. The number of thioether (sulfide) groups is 1. The molecule has 0 spiro atoms. The fraction of sp³-hybridized carbons (Fsp3) is 0.421. The molecule has 3 N–H and O–H groups in total. The smallest absolute Gasteiger partial charge is 0.233 e. The molecule has 0 aliphatic heterocycles. The van der Waals surface area contributed by atoms with E-state index in [2.05, 4.69) is 21.6 Å². The SMILES string of the molecule is C[C@@H](Sc1nnc(-c2cccc(F)c2)n1N)C(=O)NCCC1=CCCCC1. The van der Waals surface area contributed by atoms with Gasteiger partial charge in [0.05, 0.1) is 5.25 Å². The average molecular weight is 390 g/mol. The number of allylic oxidation sites excluding steroid dienone is 1. The molecule has 0 unspecified atom stereocenters. The van der Waals surface area contributed by atoms with Crippen molar-refractivity contribution < 1.29 is 9.18 Å². The summed E-state index contributed by atoms with van der Waals surface area (Å²) < 4.78 is 14.7. The van der Waals surface area contributed by atoms with Gasteiger partial charge in [0.1, 0.15) is 5.82 Å². The molecule has 0 fully saturated rings. The Morgan fingerprint density at radius 3 is 3.00 bits per heavy atom. The molecule has 8 heteroatoms. The lowest BCUT2D eigenvalue weighted by molar-refractivity contribution is -0.120. The summed E-state index contributed by atoms with van der Waals surface area (Å²) in [6, 6.07) is 6.00. The van der Waals surface area contributed by atoms with Gasteiger partial charge in [-0.25, -0.2) is 9.07 Å². The van der Waals surface area contributed by atoms with Crippen LogP contribution in [0, 0.1) is 5.82 Å². The van der Waals surface area contributed by atoms with Gasteiger partial charge in [0, 0.05) is 12.1 Å². The third kappa shape index (κ3) is 5.09. The van der Waals surface area contributed by atoms with Gasteiger partial charge in [-0.15, -0.1) is 10.2 Å². The maximum Gasteiger partial charge on any atom is 0.233 e. The molecule has 0 bridgehead atoms. The largest absolute Gasteiger partial charge is 0.355 e. The molecule has 1 aliphatic rings. The maximum absolute atomic E-state index is 13.4. The minimum Gasteiger partial charge on any atom is -0.355 e. The highest BCUT2D eigenvalue weighted by Gasteiger charge is 2.20. The van der Waals surface area contributed by atoms with Gasteiger partial charge in [-0.1, -0.05) is 35.5 Å². The number of aromatic nitrogens is 3. The number of hydrogen-bond donors (Lipinski definition) is 2. The zero-order chi connectivity index (χ0) is 19.2. The van der Waals surface area contributed by atoms with Crippen molar-refractivity contribution in [2.75, 3.05) is 12.4 Å². The fourth-order valence-corrected chi connectivity index (χ4v) is 3.81. The molecule has 1 amide bonds. The number of rotatable bonds is 7. The van der Waals surface area contributed by atoms with Gasteiger partial charge in [-0.2, -0.15) is 0 Å². The van der Waals surface area contributed by atoms with Crippen LogP contribution in [0.25, 0.3) is 11.4 Å². The first kappa shape index (κ1) is 19.4. The predicted octanol–water partition coefficient (Wildman–Crippen LogP) is 3.29. The van der Waals surface area contributed by atoms with Gasteiger partial charge < -0.3 is 11.2 Å². The van der Waals surface area contributed by atoms with Crippen LogP contribution in [0.3, 0.4) is 0 Å². The van der Waals surface area contributed by atoms with Crippen molar-refractivity contribution in [2.24, 2.45) is 0 Å². The molecule has 1 aliphatic carbocycles. The first-order valence-electron chi connectivity index (χ1n) is 9.13. The summed E-state index contributed by atoms with van der Waals surface area (Å²) in [5.41, 5.74) is 1.97. The van der Waals surface area contributed by atoms with Crippen LogP contribution in [-0.2, 0) is 4.79 Å². The Bertz CT molecular complexity index is 835. The summed E-state index contributed by atoms with van der Waals surface area (Å²) in [6.07, 6.45) is 7.99. The molecule has 1 atom stereocenters. The van der Waals surface area contributed by atoms with Crippen LogP contribution in [0.1, 0.15) is 39.0 Å². The fourth-order valence-electron chi connectivity index (χ4n) is 3.02. The Morgan fingerprint density at radius 2 is 2.26 bits per heavy atom. The highest BCUT2D eigenvalue weighted by atomic mass is 32.2. The maximum atomic E-state index is 13.4. The first-order chi connectivity index (χ1) is 13.0. The summed E-state index contributed by atoms with van der Waals surface area (Å²) >= 11 is 1.23. The molecule has 0 saturated carbocycles. The van der Waals surface area contributed by atoms with E-state index in [1.807, 2.05) is 0 Å². The average Bonchev–Trinajstić information content (AvgIpc) is 3.03. The molecular weight excluding hydrogens is 365 g/mol. The van der Waals surface area contributed by atoms with E-state index in [1.165, 1.54) is 47.0 Å². The number of nitrogens with zero attached hydrogens (tertiary/aromatic N) is 3. The Morgan fingerprint density at radius 1 is 1.41 bits per heavy atom.